The molecule has 2 heterocycles. The highest BCUT2D eigenvalue weighted by molar-refractivity contribution is 7.89. The molecule has 1 saturated heterocycles. The molecule has 1 N–H and O–H groups in total. The van der Waals surface area contributed by atoms with Crippen molar-refractivity contribution in [2.75, 3.05) is 25.0 Å². The van der Waals surface area contributed by atoms with Gasteiger partial charge in [0.1, 0.15) is 0 Å². The summed E-state index contributed by atoms with van der Waals surface area (Å²) in [6.45, 7) is 11.8. The highest BCUT2D eigenvalue weighted by Crippen LogP contribution is 2.27. The van der Waals surface area contributed by atoms with Gasteiger partial charge in [0.05, 0.1) is 29.2 Å². The van der Waals surface area contributed by atoms with E-state index in [1.54, 1.807) is 6.20 Å². The highest BCUT2D eigenvalue weighted by atomic mass is 32.2. The van der Waals surface area contributed by atoms with Gasteiger partial charge in [-0.1, -0.05) is 30.3 Å². The first-order valence-electron chi connectivity index (χ1n) is 10.7. The number of carbonyl (C=O) groups excluding carboxylic acids is 1. The molecule has 1 amide bonds. The molecule has 0 bridgehead atoms. The van der Waals surface area contributed by atoms with Crippen molar-refractivity contribution in [3.8, 4) is 0 Å². The third-order valence-electron chi connectivity index (χ3n) is 5.74. The lowest BCUT2D eigenvalue weighted by atomic mass is 10.1. The Kier molecular flexibility index (Phi) is 6.42. The van der Waals surface area contributed by atoms with Crippen molar-refractivity contribution in [1.82, 2.24) is 14.2 Å². The molecule has 1 aliphatic heterocycles. The van der Waals surface area contributed by atoms with Crippen molar-refractivity contribution in [2.24, 2.45) is 0 Å². The molecule has 0 radical (unpaired) electrons. The molecule has 9 heteroatoms. The number of aromatic nitrogens is 1. The quantitative estimate of drug-likeness (QED) is 0.585. The molecule has 0 aliphatic carbocycles. The first-order chi connectivity index (χ1) is 15.8. The van der Waals surface area contributed by atoms with Crippen molar-refractivity contribution >= 4 is 38.2 Å². The predicted octanol–water partition coefficient (Wildman–Crippen LogP) is 3.51. The summed E-state index contributed by atoms with van der Waals surface area (Å²) in [7, 11) is -3.71. The Labute approximate surface area is 193 Å². The largest absolute Gasteiger partial charge is 0.324 e. The second-order valence-corrected chi connectivity index (χ2v) is 10.1. The van der Waals surface area contributed by atoms with Crippen LogP contribution in [0.4, 0.5) is 11.4 Å². The van der Waals surface area contributed by atoms with E-state index in [9.17, 15) is 13.2 Å². The lowest BCUT2D eigenvalue weighted by molar-refractivity contribution is -0.118. The Balaban J connectivity index is 1.44. The van der Waals surface area contributed by atoms with Gasteiger partial charge in [0.2, 0.25) is 15.9 Å². The predicted molar refractivity (Wildman–Crippen MR) is 127 cm³/mol. The van der Waals surface area contributed by atoms with Gasteiger partial charge in [0.25, 0.3) is 0 Å². The summed E-state index contributed by atoms with van der Waals surface area (Å²) in [6, 6.07) is 14.7. The van der Waals surface area contributed by atoms with E-state index in [0.717, 1.165) is 10.9 Å². The van der Waals surface area contributed by atoms with E-state index in [0.29, 0.717) is 24.5 Å². The van der Waals surface area contributed by atoms with Crippen LogP contribution in [0.2, 0.25) is 0 Å². The Hall–Kier alpha value is -3.32. The van der Waals surface area contributed by atoms with Crippen LogP contribution in [-0.4, -0.2) is 60.2 Å². The molecule has 8 nitrogen and oxygen atoms in total. The number of piperazine rings is 1. The number of hydrogen-bond acceptors (Lipinski definition) is 5. The second-order valence-electron chi connectivity index (χ2n) is 8.26. The molecule has 170 valence electrons. The number of amides is 1. The molecule has 2 atom stereocenters. The Bertz CT molecular complexity index is 1300. The van der Waals surface area contributed by atoms with Crippen LogP contribution in [0.1, 0.15) is 13.8 Å². The van der Waals surface area contributed by atoms with Crippen molar-refractivity contribution in [2.45, 2.75) is 30.8 Å². The average Bonchev–Trinajstić information content (AvgIpc) is 2.78. The fourth-order valence-corrected chi connectivity index (χ4v) is 6.24. The van der Waals surface area contributed by atoms with Crippen LogP contribution in [0.15, 0.2) is 65.7 Å². The normalized spacial score (nSPS) is 19.8. The van der Waals surface area contributed by atoms with Gasteiger partial charge in [-0.25, -0.2) is 13.3 Å². The summed E-state index contributed by atoms with van der Waals surface area (Å²) in [5.74, 6) is -0.156. The summed E-state index contributed by atoms with van der Waals surface area (Å²) in [6.07, 6.45) is 1.71. The summed E-state index contributed by atoms with van der Waals surface area (Å²) in [4.78, 5) is 22.5. The topological polar surface area (TPSA) is 87.0 Å². The number of carbonyl (C=O) groups is 1. The monoisotopic (exact) mass is 463 g/mol. The van der Waals surface area contributed by atoms with Gasteiger partial charge < -0.3 is 5.32 Å². The molecular weight excluding hydrogens is 438 g/mol. The van der Waals surface area contributed by atoms with Crippen LogP contribution in [-0.2, 0) is 14.8 Å². The van der Waals surface area contributed by atoms with Gasteiger partial charge in [0.15, 0.2) is 5.69 Å². The molecule has 1 aromatic heterocycles. The van der Waals surface area contributed by atoms with Crippen molar-refractivity contribution in [3.05, 3.63) is 72.2 Å². The maximum absolute atomic E-state index is 13.2. The van der Waals surface area contributed by atoms with Crippen LogP contribution in [0.3, 0.4) is 0 Å². The molecular formula is C24H25N5O3S. The standard InChI is InChI=1S/C24H25N5O3S/c1-17-14-28(16-24(30)27-23-8-4-7-22-21(23)6-5-13-26-22)15-18(2)29(17)33(31,32)20-11-9-19(25-3)10-12-20/h4-13,17-18H,14-16H2,1-2H3,(H,27,30)/t17-,18+. The van der Waals surface area contributed by atoms with Gasteiger partial charge in [0, 0.05) is 36.8 Å². The van der Waals surface area contributed by atoms with Gasteiger partial charge >= 0.3 is 0 Å². The zero-order valence-electron chi connectivity index (χ0n) is 18.5. The van der Waals surface area contributed by atoms with Crippen molar-refractivity contribution < 1.29 is 13.2 Å². The molecule has 0 unspecified atom stereocenters. The third-order valence-corrected chi connectivity index (χ3v) is 7.88. The van der Waals surface area contributed by atoms with Crippen molar-refractivity contribution in [3.63, 3.8) is 0 Å². The number of nitrogens with zero attached hydrogens (tertiary/aromatic N) is 4. The second kappa shape index (κ2) is 9.27. The number of hydrogen-bond donors (Lipinski definition) is 1. The lowest BCUT2D eigenvalue weighted by Gasteiger charge is -2.43. The number of sulfonamides is 1. The van der Waals surface area contributed by atoms with E-state index >= 15 is 0 Å². The number of rotatable bonds is 5. The average molecular weight is 464 g/mol. The molecule has 4 rings (SSSR count). The van der Waals surface area contributed by atoms with Crippen molar-refractivity contribution in [1.29, 1.82) is 0 Å². The summed E-state index contributed by atoms with van der Waals surface area (Å²) >= 11 is 0. The minimum atomic E-state index is -3.71. The number of anilines is 1. The fraction of sp³-hybridized carbons (Fsp3) is 0.292. The Morgan fingerprint density at radius 3 is 2.45 bits per heavy atom. The first kappa shape index (κ1) is 22.9. The SMILES string of the molecule is [C-]#[N+]c1ccc(S(=O)(=O)N2[C@H](C)CN(CC(=O)Nc3cccc4ncccc34)C[C@@H]2C)cc1. The third kappa shape index (κ3) is 4.73. The fourth-order valence-electron chi connectivity index (χ4n) is 4.44. The molecule has 2 aromatic carbocycles. The Morgan fingerprint density at radius 1 is 1.09 bits per heavy atom. The van der Waals surface area contributed by atoms with E-state index < -0.39 is 10.0 Å². The Morgan fingerprint density at radius 2 is 1.79 bits per heavy atom. The van der Waals surface area contributed by atoms with E-state index in [-0.39, 0.29) is 29.4 Å². The van der Waals surface area contributed by atoms with E-state index in [4.69, 9.17) is 6.57 Å². The van der Waals surface area contributed by atoms with E-state index in [1.807, 2.05) is 49.1 Å². The van der Waals surface area contributed by atoms with Crippen LogP contribution in [0.5, 0.6) is 0 Å². The highest BCUT2D eigenvalue weighted by Gasteiger charge is 2.38. The van der Waals surface area contributed by atoms with Gasteiger partial charge in [-0.15, -0.1) is 0 Å². The van der Waals surface area contributed by atoms with E-state index in [1.165, 1.54) is 28.6 Å². The number of fused-ring (bicyclic) bond motifs is 1. The summed E-state index contributed by atoms with van der Waals surface area (Å²) < 4.78 is 28.0. The maximum atomic E-state index is 13.2. The lowest BCUT2D eigenvalue weighted by Crippen LogP contribution is -2.59. The molecule has 1 fully saturated rings. The smallest absolute Gasteiger partial charge is 0.243 e. The molecule has 1 aliphatic rings. The first-order valence-corrected chi connectivity index (χ1v) is 12.1. The minimum absolute atomic E-state index is 0.156. The van der Waals surface area contributed by atoms with Gasteiger partial charge in [-0.05, 0) is 38.1 Å². The van der Waals surface area contributed by atoms with Crippen LogP contribution in [0, 0.1) is 6.57 Å². The number of nitrogens with one attached hydrogen (secondary N) is 1. The number of pyridine rings is 1. The van der Waals surface area contributed by atoms with Gasteiger partial charge in [-0.2, -0.15) is 4.31 Å². The molecule has 0 spiro atoms. The van der Waals surface area contributed by atoms with Crippen LogP contribution < -0.4 is 5.32 Å². The number of benzene rings is 2. The molecule has 0 saturated carbocycles. The molecule has 33 heavy (non-hydrogen) atoms. The van der Waals surface area contributed by atoms with Crippen LogP contribution >= 0.6 is 0 Å². The summed E-state index contributed by atoms with van der Waals surface area (Å²) in [5.41, 5.74) is 1.91. The zero-order chi connectivity index (χ0) is 23.6. The van der Waals surface area contributed by atoms with Crippen LogP contribution in [0.25, 0.3) is 15.7 Å². The van der Waals surface area contributed by atoms with Gasteiger partial charge in [-0.3, -0.25) is 14.7 Å². The summed E-state index contributed by atoms with van der Waals surface area (Å²) in [5, 5.41) is 3.83. The van der Waals surface area contributed by atoms with E-state index in [2.05, 4.69) is 15.1 Å². The molecule has 3 aromatic rings. The minimum Gasteiger partial charge on any atom is -0.324 e. The zero-order valence-corrected chi connectivity index (χ0v) is 19.3. The maximum Gasteiger partial charge on any atom is 0.243 e.